The average Bonchev–Trinajstić information content (AvgIpc) is 3.33. The number of quaternary nitrogens is 1. The largest absolute Gasteiger partial charge is 0.472 e. The van der Waals surface area contributed by atoms with Crippen LogP contribution >= 0.6 is 7.82 Å². The third kappa shape index (κ3) is 56.9. The van der Waals surface area contributed by atoms with E-state index in [0.29, 0.717) is 23.9 Å². The number of hydrogen-bond acceptors (Lipinski definition) is 7. The first-order valence-electron chi connectivity index (χ1n) is 29.5. The molecule has 71 heavy (non-hydrogen) atoms. The first-order chi connectivity index (χ1) is 34.5. The molecule has 414 valence electrons. The van der Waals surface area contributed by atoms with E-state index in [-0.39, 0.29) is 25.6 Å². The minimum atomic E-state index is -4.38. The molecule has 2 atom stereocenters. The Balaban J connectivity index is 4.12. The summed E-state index contributed by atoms with van der Waals surface area (Å²) in [5.74, 6) is -0.788. The molecule has 2 unspecified atom stereocenters. The van der Waals surface area contributed by atoms with Crippen molar-refractivity contribution in [1.29, 1.82) is 0 Å². The summed E-state index contributed by atoms with van der Waals surface area (Å²) in [6.45, 7) is 4.35. The van der Waals surface area contributed by atoms with Crippen molar-refractivity contribution in [3.8, 4) is 0 Å². The van der Waals surface area contributed by atoms with Crippen LogP contribution in [0.15, 0.2) is 60.8 Å². The fourth-order valence-electron chi connectivity index (χ4n) is 8.28. The van der Waals surface area contributed by atoms with Crippen molar-refractivity contribution in [3.63, 3.8) is 0 Å². The number of phosphoric acid groups is 1. The Morgan fingerprint density at radius 2 is 0.803 bits per heavy atom. The molecule has 0 heterocycles. The second-order valence-corrected chi connectivity index (χ2v) is 22.5. The lowest BCUT2D eigenvalue weighted by Crippen LogP contribution is -2.37. The van der Waals surface area contributed by atoms with Crippen LogP contribution in [-0.4, -0.2) is 74.9 Å². The van der Waals surface area contributed by atoms with E-state index in [1.807, 2.05) is 21.1 Å². The molecule has 0 radical (unpaired) electrons. The lowest BCUT2D eigenvalue weighted by atomic mass is 10.0. The average molecular weight is 1020 g/mol. The van der Waals surface area contributed by atoms with Crippen LogP contribution in [0.5, 0.6) is 0 Å². The zero-order valence-electron chi connectivity index (χ0n) is 47.0. The van der Waals surface area contributed by atoms with Crippen molar-refractivity contribution < 1.29 is 42.1 Å². The molecule has 0 aromatic heterocycles. The molecule has 0 saturated heterocycles. The van der Waals surface area contributed by atoms with Gasteiger partial charge in [0.2, 0.25) is 0 Å². The lowest BCUT2D eigenvalue weighted by Gasteiger charge is -2.24. The van der Waals surface area contributed by atoms with Crippen LogP contribution in [0.1, 0.15) is 264 Å². The van der Waals surface area contributed by atoms with Crippen LogP contribution in [0, 0.1) is 0 Å². The topological polar surface area (TPSA) is 108 Å². The van der Waals surface area contributed by atoms with Crippen LogP contribution in [0.4, 0.5) is 0 Å². The van der Waals surface area contributed by atoms with Crippen LogP contribution < -0.4 is 0 Å². The Bertz CT molecular complexity index is 1380. The zero-order valence-corrected chi connectivity index (χ0v) is 47.9. The Labute approximate surface area is 438 Å². The fraction of sp³-hybridized carbons (Fsp3) is 0.803. The van der Waals surface area contributed by atoms with E-state index < -0.39 is 26.5 Å². The predicted molar refractivity (Wildman–Crippen MR) is 303 cm³/mol. The SMILES string of the molecule is CC/C=C\C/C=C\C/C=C\C/C=C\C/C=C\CCCCCCCCCCCCCCCC(=O)OC(COC(=O)CCCCCCCCCCCCCCCCCCCC)COP(=O)(O)OCC[N+](C)(C)C. The number of esters is 2. The van der Waals surface area contributed by atoms with E-state index in [1.54, 1.807) is 0 Å². The molecular formula is C61H113NO8P+. The van der Waals surface area contributed by atoms with Gasteiger partial charge in [-0.2, -0.15) is 0 Å². The number of unbranched alkanes of at least 4 members (excludes halogenated alkanes) is 30. The van der Waals surface area contributed by atoms with Crippen LogP contribution in [0.3, 0.4) is 0 Å². The predicted octanol–water partition coefficient (Wildman–Crippen LogP) is 18.3. The molecule has 0 aromatic carbocycles. The van der Waals surface area contributed by atoms with Gasteiger partial charge in [-0.3, -0.25) is 18.6 Å². The maximum atomic E-state index is 12.8. The smallest absolute Gasteiger partial charge is 0.462 e. The van der Waals surface area contributed by atoms with Gasteiger partial charge in [0, 0.05) is 12.8 Å². The van der Waals surface area contributed by atoms with Crippen LogP contribution in [0.25, 0.3) is 0 Å². The fourth-order valence-corrected chi connectivity index (χ4v) is 9.02. The number of hydrogen-bond donors (Lipinski definition) is 1. The molecule has 0 amide bonds. The molecule has 0 bridgehead atoms. The summed E-state index contributed by atoms with van der Waals surface area (Å²) in [6.07, 6.45) is 67.1. The van der Waals surface area contributed by atoms with Gasteiger partial charge >= 0.3 is 19.8 Å². The molecule has 0 aromatic rings. The molecule has 10 heteroatoms. The number of phosphoric ester groups is 1. The van der Waals surface area contributed by atoms with Crippen molar-refractivity contribution in [3.05, 3.63) is 60.8 Å². The summed E-state index contributed by atoms with van der Waals surface area (Å²) in [7, 11) is 1.48. The maximum Gasteiger partial charge on any atom is 0.472 e. The van der Waals surface area contributed by atoms with E-state index in [4.69, 9.17) is 18.5 Å². The van der Waals surface area contributed by atoms with E-state index in [1.165, 1.54) is 161 Å². The highest BCUT2D eigenvalue weighted by Gasteiger charge is 2.27. The van der Waals surface area contributed by atoms with Gasteiger partial charge in [0.1, 0.15) is 19.8 Å². The molecule has 0 rings (SSSR count). The Hall–Kier alpha value is -2.29. The lowest BCUT2D eigenvalue weighted by molar-refractivity contribution is -0.870. The standard InChI is InChI=1S/C61H112NO8P/c1-6-8-10-12-14-16-18-20-22-24-26-27-28-29-30-31-32-33-34-35-36-38-40-42-44-46-48-50-52-54-61(64)70-59(58-69-71(65,66)68-56-55-62(3,4)5)57-67-60(63)53-51-49-47-45-43-41-39-37-25-23-21-19-17-15-13-11-9-7-2/h8,10,14,16,20,22,26-27,29-30,59H,6-7,9,11-13,15,17-19,21,23-25,28,31-58H2,1-5H3/p+1/b10-8-,16-14-,22-20-,27-26-,30-29-. The van der Waals surface area contributed by atoms with E-state index in [0.717, 1.165) is 70.6 Å². The molecule has 0 saturated carbocycles. The summed E-state index contributed by atoms with van der Waals surface area (Å²) in [4.78, 5) is 35.7. The van der Waals surface area contributed by atoms with Crippen molar-refractivity contribution in [2.24, 2.45) is 0 Å². The number of likely N-dealkylation sites (N-methyl/N-ethyl adjacent to an activating group) is 1. The van der Waals surface area contributed by atoms with Gasteiger partial charge in [0.05, 0.1) is 27.7 Å². The van der Waals surface area contributed by atoms with Gasteiger partial charge in [-0.25, -0.2) is 4.57 Å². The number of carbonyl (C=O) groups excluding carboxylic acids is 2. The third-order valence-corrected chi connectivity index (χ3v) is 13.8. The Kier molecular flexibility index (Phi) is 50.9. The van der Waals surface area contributed by atoms with Crippen LogP contribution in [-0.2, 0) is 32.7 Å². The zero-order chi connectivity index (χ0) is 52.0. The molecule has 9 nitrogen and oxygen atoms in total. The number of carbonyl (C=O) groups is 2. The molecule has 0 aliphatic carbocycles. The maximum absolute atomic E-state index is 12.8. The van der Waals surface area contributed by atoms with Crippen molar-refractivity contribution in [2.75, 3.05) is 47.5 Å². The van der Waals surface area contributed by atoms with Gasteiger partial charge in [0.25, 0.3) is 0 Å². The van der Waals surface area contributed by atoms with E-state index >= 15 is 0 Å². The number of allylic oxidation sites excluding steroid dienone is 10. The van der Waals surface area contributed by atoms with Crippen molar-refractivity contribution in [1.82, 2.24) is 0 Å². The summed E-state index contributed by atoms with van der Waals surface area (Å²) < 4.78 is 34.6. The van der Waals surface area contributed by atoms with Crippen molar-refractivity contribution >= 4 is 19.8 Å². The van der Waals surface area contributed by atoms with Gasteiger partial charge in [-0.05, 0) is 57.8 Å². The molecular weight excluding hydrogens is 906 g/mol. The highest BCUT2D eigenvalue weighted by molar-refractivity contribution is 7.47. The summed E-state index contributed by atoms with van der Waals surface area (Å²) in [6, 6.07) is 0. The minimum Gasteiger partial charge on any atom is -0.462 e. The first-order valence-corrected chi connectivity index (χ1v) is 31.0. The number of ether oxygens (including phenoxy) is 2. The molecule has 0 aliphatic heterocycles. The van der Waals surface area contributed by atoms with Crippen LogP contribution in [0.2, 0.25) is 0 Å². The monoisotopic (exact) mass is 1020 g/mol. The van der Waals surface area contributed by atoms with E-state index in [2.05, 4.69) is 74.6 Å². The Morgan fingerprint density at radius 3 is 1.20 bits per heavy atom. The van der Waals surface area contributed by atoms with Gasteiger partial charge in [-0.1, -0.05) is 254 Å². The minimum absolute atomic E-state index is 0.0318. The normalized spacial score (nSPS) is 13.7. The summed E-state index contributed by atoms with van der Waals surface area (Å²) in [5, 5.41) is 0. The molecule has 0 fully saturated rings. The third-order valence-electron chi connectivity index (χ3n) is 12.8. The highest BCUT2D eigenvalue weighted by atomic mass is 31.2. The van der Waals surface area contributed by atoms with Gasteiger partial charge in [0.15, 0.2) is 6.10 Å². The Morgan fingerprint density at radius 1 is 0.451 bits per heavy atom. The summed E-state index contributed by atoms with van der Waals surface area (Å²) in [5.41, 5.74) is 0. The molecule has 0 spiro atoms. The first kappa shape index (κ1) is 68.7. The van der Waals surface area contributed by atoms with E-state index in [9.17, 15) is 19.0 Å². The van der Waals surface area contributed by atoms with Gasteiger partial charge in [-0.15, -0.1) is 0 Å². The second-order valence-electron chi connectivity index (χ2n) is 21.0. The quantitative estimate of drug-likeness (QED) is 0.0211. The second kappa shape index (κ2) is 52.6. The number of rotatable bonds is 54. The highest BCUT2D eigenvalue weighted by Crippen LogP contribution is 2.43. The number of nitrogens with zero attached hydrogens (tertiary/aromatic N) is 1. The van der Waals surface area contributed by atoms with Gasteiger partial charge < -0.3 is 18.9 Å². The van der Waals surface area contributed by atoms with Crippen molar-refractivity contribution in [2.45, 2.75) is 270 Å². The molecule has 0 aliphatic rings. The molecule has 1 N–H and O–H groups in total. The summed E-state index contributed by atoms with van der Waals surface area (Å²) >= 11 is 0.